The van der Waals surface area contributed by atoms with Crippen molar-refractivity contribution < 1.29 is 4.79 Å². The number of carbonyl (C=O) groups is 1. The number of hydrogen-bond donors (Lipinski definition) is 1. The van der Waals surface area contributed by atoms with Crippen molar-refractivity contribution in [3.05, 3.63) is 91.7 Å². The molecule has 0 heterocycles. The second kappa shape index (κ2) is 10.7. The predicted molar refractivity (Wildman–Crippen MR) is 111 cm³/mol. The molecule has 0 saturated heterocycles. The van der Waals surface area contributed by atoms with Gasteiger partial charge in [0.1, 0.15) is 11.6 Å². The van der Waals surface area contributed by atoms with Gasteiger partial charge < -0.3 is 10.2 Å². The quantitative estimate of drug-likeness (QED) is 0.386. The fourth-order valence-electron chi connectivity index (χ4n) is 2.30. The molecule has 0 aliphatic rings. The van der Waals surface area contributed by atoms with E-state index < -0.39 is 5.91 Å². The van der Waals surface area contributed by atoms with Gasteiger partial charge in [-0.25, -0.2) is 0 Å². The third kappa shape index (κ3) is 6.21. The lowest BCUT2D eigenvalue weighted by Gasteiger charge is -2.17. The Hall–Kier alpha value is -3.23. The lowest BCUT2D eigenvalue weighted by Crippen LogP contribution is -2.21. The van der Waals surface area contributed by atoms with E-state index >= 15 is 0 Å². The molecule has 0 bridgehead atoms. The smallest absolute Gasteiger partial charge is 0.267 e. The Balaban J connectivity index is 2.20. The van der Waals surface area contributed by atoms with Gasteiger partial charge in [-0.2, -0.15) is 5.26 Å². The molecular formula is C22H21N3OS. The molecule has 2 rings (SSSR count). The van der Waals surface area contributed by atoms with E-state index in [1.165, 1.54) is 6.20 Å². The van der Waals surface area contributed by atoms with Crippen LogP contribution in [-0.2, 0) is 4.79 Å². The lowest BCUT2D eigenvalue weighted by atomic mass is 10.2. The number of rotatable bonds is 9. The molecule has 27 heavy (non-hydrogen) atoms. The monoisotopic (exact) mass is 375 g/mol. The van der Waals surface area contributed by atoms with Gasteiger partial charge in [0.25, 0.3) is 5.91 Å². The molecule has 0 atom stereocenters. The van der Waals surface area contributed by atoms with Gasteiger partial charge in [0.2, 0.25) is 0 Å². The summed E-state index contributed by atoms with van der Waals surface area (Å²) in [5.41, 5.74) is 0.690. The molecule has 1 amide bonds. The highest BCUT2D eigenvalue weighted by Crippen LogP contribution is 2.33. The second-order valence-electron chi connectivity index (χ2n) is 5.55. The molecule has 136 valence electrons. The molecule has 0 radical (unpaired) electrons. The van der Waals surface area contributed by atoms with Gasteiger partial charge in [-0.15, -0.1) is 13.2 Å². The zero-order valence-corrected chi connectivity index (χ0v) is 15.8. The third-order valence-electron chi connectivity index (χ3n) is 3.51. The Labute approximate surface area is 164 Å². The topological polar surface area (TPSA) is 56.1 Å². The van der Waals surface area contributed by atoms with E-state index in [1.807, 2.05) is 60.7 Å². The standard InChI is InChI=1S/C22H21N3OS/c1-3-14-25(15-4-2)17-18(16-23)22(26)24-20-12-8-9-13-21(20)27-19-10-6-5-7-11-19/h3-13,17H,1-2,14-15H2,(H,24,26)/b18-17-. The zero-order chi connectivity index (χ0) is 19.5. The van der Waals surface area contributed by atoms with Crippen molar-refractivity contribution in [2.45, 2.75) is 9.79 Å². The van der Waals surface area contributed by atoms with E-state index in [9.17, 15) is 10.1 Å². The van der Waals surface area contributed by atoms with Gasteiger partial charge in [0.05, 0.1) is 5.69 Å². The van der Waals surface area contributed by atoms with Crippen LogP contribution < -0.4 is 5.32 Å². The van der Waals surface area contributed by atoms with Crippen LogP contribution in [0.1, 0.15) is 0 Å². The SMILES string of the molecule is C=CCN(/C=C(/C#N)C(=O)Nc1ccccc1Sc1ccccc1)CC=C. The summed E-state index contributed by atoms with van der Waals surface area (Å²) in [7, 11) is 0. The van der Waals surface area contributed by atoms with E-state index in [0.717, 1.165) is 9.79 Å². The van der Waals surface area contributed by atoms with Crippen molar-refractivity contribution >= 4 is 23.4 Å². The minimum Gasteiger partial charge on any atom is -0.369 e. The largest absolute Gasteiger partial charge is 0.369 e. The molecule has 5 heteroatoms. The van der Waals surface area contributed by atoms with E-state index in [4.69, 9.17) is 0 Å². The van der Waals surface area contributed by atoms with Crippen LogP contribution in [0.15, 0.2) is 101 Å². The highest BCUT2D eigenvalue weighted by Gasteiger charge is 2.13. The first-order chi connectivity index (χ1) is 13.2. The minimum atomic E-state index is -0.447. The van der Waals surface area contributed by atoms with E-state index in [2.05, 4.69) is 18.5 Å². The molecule has 1 N–H and O–H groups in total. The average molecular weight is 375 g/mol. The molecule has 4 nitrogen and oxygen atoms in total. The first-order valence-electron chi connectivity index (χ1n) is 8.39. The van der Waals surface area contributed by atoms with E-state index in [0.29, 0.717) is 18.8 Å². The summed E-state index contributed by atoms with van der Waals surface area (Å²) in [5.74, 6) is -0.447. The van der Waals surface area contributed by atoms with Crippen LogP contribution in [0.5, 0.6) is 0 Å². The number of anilines is 1. The molecular weight excluding hydrogens is 354 g/mol. The molecule has 0 unspecified atom stereocenters. The molecule has 2 aromatic carbocycles. The van der Waals surface area contributed by atoms with Crippen molar-refractivity contribution in [1.29, 1.82) is 5.26 Å². The number of nitrogens with zero attached hydrogens (tertiary/aromatic N) is 2. The number of nitriles is 1. The van der Waals surface area contributed by atoms with Gasteiger partial charge in [-0.05, 0) is 24.3 Å². The van der Waals surface area contributed by atoms with Gasteiger partial charge in [-0.1, -0.05) is 54.2 Å². The molecule has 0 aliphatic heterocycles. The summed E-state index contributed by atoms with van der Waals surface area (Å²) in [4.78, 5) is 16.4. The summed E-state index contributed by atoms with van der Waals surface area (Å²) in [5, 5.41) is 12.2. The first kappa shape index (κ1) is 20.1. The number of nitrogens with one attached hydrogen (secondary N) is 1. The Morgan fingerprint density at radius 1 is 1.07 bits per heavy atom. The van der Waals surface area contributed by atoms with Crippen LogP contribution in [0, 0.1) is 11.3 Å². The average Bonchev–Trinajstić information content (AvgIpc) is 2.68. The van der Waals surface area contributed by atoms with Gasteiger partial charge in [-0.3, -0.25) is 4.79 Å². The van der Waals surface area contributed by atoms with Crippen LogP contribution >= 0.6 is 11.8 Å². The van der Waals surface area contributed by atoms with Crippen molar-refractivity contribution in [3.63, 3.8) is 0 Å². The maximum atomic E-state index is 12.6. The number of amides is 1. The van der Waals surface area contributed by atoms with Gasteiger partial charge in [0, 0.05) is 29.1 Å². The maximum absolute atomic E-state index is 12.6. The molecule has 0 saturated carbocycles. The van der Waals surface area contributed by atoms with Crippen molar-refractivity contribution in [2.24, 2.45) is 0 Å². The molecule has 0 aromatic heterocycles. The molecule has 0 spiro atoms. The van der Waals surface area contributed by atoms with Crippen LogP contribution in [0.2, 0.25) is 0 Å². The summed E-state index contributed by atoms with van der Waals surface area (Å²) in [6.07, 6.45) is 4.95. The minimum absolute atomic E-state index is 0.0261. The third-order valence-corrected chi connectivity index (χ3v) is 4.59. The number of benzene rings is 2. The second-order valence-corrected chi connectivity index (χ2v) is 6.67. The van der Waals surface area contributed by atoms with Crippen LogP contribution in [-0.4, -0.2) is 23.9 Å². The Morgan fingerprint density at radius 2 is 1.70 bits per heavy atom. The molecule has 2 aromatic rings. The Morgan fingerprint density at radius 3 is 2.33 bits per heavy atom. The van der Waals surface area contributed by atoms with Crippen molar-refractivity contribution in [3.8, 4) is 6.07 Å². The fraction of sp³-hybridized carbons (Fsp3) is 0.0909. The van der Waals surface area contributed by atoms with E-state index in [-0.39, 0.29) is 5.57 Å². The van der Waals surface area contributed by atoms with Crippen LogP contribution in [0.4, 0.5) is 5.69 Å². The van der Waals surface area contributed by atoms with Crippen LogP contribution in [0.3, 0.4) is 0 Å². The highest BCUT2D eigenvalue weighted by atomic mass is 32.2. The maximum Gasteiger partial charge on any atom is 0.267 e. The predicted octanol–water partition coefficient (Wildman–Crippen LogP) is 4.86. The summed E-state index contributed by atoms with van der Waals surface area (Å²) in [6, 6.07) is 19.4. The van der Waals surface area contributed by atoms with Crippen molar-refractivity contribution in [2.75, 3.05) is 18.4 Å². The summed E-state index contributed by atoms with van der Waals surface area (Å²) >= 11 is 1.55. The Kier molecular flexibility index (Phi) is 7.95. The lowest BCUT2D eigenvalue weighted by molar-refractivity contribution is -0.112. The normalized spacial score (nSPS) is 10.6. The Bertz CT molecular complexity index is 859. The fourth-order valence-corrected chi connectivity index (χ4v) is 3.22. The van der Waals surface area contributed by atoms with Gasteiger partial charge >= 0.3 is 0 Å². The zero-order valence-electron chi connectivity index (χ0n) is 15.0. The van der Waals surface area contributed by atoms with Gasteiger partial charge in [0.15, 0.2) is 0 Å². The number of para-hydroxylation sites is 1. The summed E-state index contributed by atoms with van der Waals surface area (Å²) in [6.45, 7) is 8.41. The van der Waals surface area contributed by atoms with E-state index in [1.54, 1.807) is 28.8 Å². The van der Waals surface area contributed by atoms with Crippen molar-refractivity contribution in [1.82, 2.24) is 4.90 Å². The molecule has 0 aliphatic carbocycles. The molecule has 0 fully saturated rings. The van der Waals surface area contributed by atoms with Crippen LogP contribution in [0.25, 0.3) is 0 Å². The highest BCUT2D eigenvalue weighted by molar-refractivity contribution is 7.99. The number of carbonyl (C=O) groups excluding carboxylic acids is 1. The number of hydrogen-bond acceptors (Lipinski definition) is 4. The first-order valence-corrected chi connectivity index (χ1v) is 9.20. The summed E-state index contributed by atoms with van der Waals surface area (Å²) < 4.78 is 0.